The second-order valence-electron chi connectivity index (χ2n) is 6.19. The van der Waals surface area contributed by atoms with Crippen LogP contribution >= 0.6 is 0 Å². The zero-order valence-corrected chi connectivity index (χ0v) is 14.0. The molecule has 3 heteroatoms. The molecule has 4 rings (SSSR count). The Labute approximate surface area is 147 Å². The molecule has 3 nitrogen and oxygen atoms in total. The van der Waals surface area contributed by atoms with Crippen LogP contribution < -0.4 is 5.73 Å². The van der Waals surface area contributed by atoms with Gasteiger partial charge in [0.05, 0.1) is 11.4 Å². The van der Waals surface area contributed by atoms with Gasteiger partial charge in [-0.05, 0) is 53.4 Å². The molecule has 4 aromatic rings. The topological polar surface area (TPSA) is 54.7 Å². The summed E-state index contributed by atoms with van der Waals surface area (Å²) in [7, 11) is 0. The third-order valence-corrected chi connectivity index (χ3v) is 4.42. The van der Waals surface area contributed by atoms with Gasteiger partial charge in [0.2, 0.25) is 0 Å². The fourth-order valence-corrected chi connectivity index (χ4v) is 2.95. The van der Waals surface area contributed by atoms with E-state index in [0.717, 1.165) is 33.8 Å². The summed E-state index contributed by atoms with van der Waals surface area (Å²) in [5.74, 6) is 0. The highest BCUT2D eigenvalue weighted by atomic mass is 15.1. The minimum atomic E-state index is 0.805. The van der Waals surface area contributed by atoms with Gasteiger partial charge in [0.1, 0.15) is 0 Å². The smallest absolute Gasteiger partial charge is 0.0927 e. The third kappa shape index (κ3) is 3.04. The first kappa shape index (κ1) is 15.2. The molecule has 0 aliphatic heterocycles. The molecule has 122 valence electrons. The van der Waals surface area contributed by atoms with E-state index in [9.17, 15) is 0 Å². The number of nitrogen functional groups attached to an aromatic ring is 1. The maximum absolute atomic E-state index is 5.91. The van der Waals surface area contributed by atoms with Crippen LogP contribution in [0.2, 0.25) is 0 Å². The molecule has 1 heterocycles. The van der Waals surface area contributed by atoms with Gasteiger partial charge in [-0.2, -0.15) is 5.10 Å². The molecular formula is C22H19N3. The van der Waals surface area contributed by atoms with Gasteiger partial charge < -0.3 is 5.73 Å². The number of hydrogen-bond donors (Lipinski definition) is 2. The molecule has 3 N–H and O–H groups in total. The first-order valence-electron chi connectivity index (χ1n) is 8.28. The zero-order chi connectivity index (χ0) is 17.2. The number of nitrogens with two attached hydrogens (primary N) is 1. The molecule has 0 saturated carbocycles. The van der Waals surface area contributed by atoms with Crippen molar-refractivity contribution < 1.29 is 0 Å². The quantitative estimate of drug-likeness (QED) is 0.502. The number of aromatic nitrogens is 2. The fraction of sp³-hybridized carbons (Fsp3) is 0.0455. The Morgan fingerprint density at radius 2 is 1.48 bits per heavy atom. The number of hydrogen-bond acceptors (Lipinski definition) is 2. The van der Waals surface area contributed by atoms with Gasteiger partial charge >= 0.3 is 0 Å². The van der Waals surface area contributed by atoms with Crippen LogP contribution in [0.1, 0.15) is 5.56 Å². The van der Waals surface area contributed by atoms with Crippen molar-refractivity contribution in [1.82, 2.24) is 10.2 Å². The van der Waals surface area contributed by atoms with Crippen LogP contribution in [0.15, 0.2) is 78.9 Å². The van der Waals surface area contributed by atoms with Crippen molar-refractivity contribution in [2.75, 3.05) is 5.73 Å². The molecule has 0 radical (unpaired) electrons. The highest BCUT2D eigenvalue weighted by Crippen LogP contribution is 2.28. The van der Waals surface area contributed by atoms with Crippen molar-refractivity contribution in [3.63, 3.8) is 0 Å². The molecule has 0 spiro atoms. The fourth-order valence-electron chi connectivity index (χ4n) is 2.95. The molecule has 0 atom stereocenters. The lowest BCUT2D eigenvalue weighted by molar-refractivity contribution is 1.10. The average Bonchev–Trinajstić information content (AvgIpc) is 3.15. The van der Waals surface area contributed by atoms with E-state index in [1.54, 1.807) is 0 Å². The normalized spacial score (nSPS) is 10.8. The number of aryl methyl sites for hydroxylation is 1. The molecule has 3 aromatic carbocycles. The molecular weight excluding hydrogens is 306 g/mol. The summed E-state index contributed by atoms with van der Waals surface area (Å²) in [6.45, 7) is 2.01. The standard InChI is InChI=1S/C22H19N3/c1-15-12-19(10-11-20(15)23)22-14-21(24-25-22)18-9-5-8-17(13-18)16-6-3-2-4-7-16/h2-14H,23H2,1H3,(H,24,25). The summed E-state index contributed by atoms with van der Waals surface area (Å²) >= 11 is 0. The largest absolute Gasteiger partial charge is 0.399 e. The van der Waals surface area contributed by atoms with E-state index in [2.05, 4.69) is 70.9 Å². The SMILES string of the molecule is Cc1cc(-c2cc(-c3cccc(-c4ccccc4)c3)n[nH]2)ccc1N. The summed E-state index contributed by atoms with van der Waals surface area (Å²) in [6.07, 6.45) is 0. The van der Waals surface area contributed by atoms with E-state index in [0.29, 0.717) is 0 Å². The summed E-state index contributed by atoms with van der Waals surface area (Å²) in [6, 6.07) is 26.9. The van der Waals surface area contributed by atoms with Crippen molar-refractivity contribution >= 4 is 5.69 Å². The van der Waals surface area contributed by atoms with Gasteiger partial charge in [0.15, 0.2) is 0 Å². The molecule has 1 aromatic heterocycles. The Kier molecular flexibility index (Phi) is 3.82. The average molecular weight is 325 g/mol. The summed E-state index contributed by atoms with van der Waals surface area (Å²) < 4.78 is 0. The Morgan fingerprint density at radius 3 is 2.28 bits per heavy atom. The second-order valence-corrected chi connectivity index (χ2v) is 6.19. The third-order valence-electron chi connectivity index (χ3n) is 4.42. The van der Waals surface area contributed by atoms with Gasteiger partial charge in [-0.1, -0.05) is 54.6 Å². The molecule has 0 aliphatic carbocycles. The maximum Gasteiger partial charge on any atom is 0.0927 e. The van der Waals surface area contributed by atoms with Gasteiger partial charge in [0.25, 0.3) is 0 Å². The number of aromatic amines is 1. The van der Waals surface area contributed by atoms with Crippen LogP contribution in [0.3, 0.4) is 0 Å². The maximum atomic E-state index is 5.91. The lowest BCUT2D eigenvalue weighted by atomic mass is 10.0. The van der Waals surface area contributed by atoms with Crippen molar-refractivity contribution in [2.45, 2.75) is 6.92 Å². The van der Waals surface area contributed by atoms with Gasteiger partial charge in [-0.15, -0.1) is 0 Å². The first-order chi connectivity index (χ1) is 12.2. The molecule has 0 aliphatic rings. The van der Waals surface area contributed by atoms with Crippen LogP contribution in [0.5, 0.6) is 0 Å². The predicted octanol–water partition coefficient (Wildman–Crippen LogP) is 5.30. The number of anilines is 1. The predicted molar refractivity (Wildman–Crippen MR) is 104 cm³/mol. The molecule has 25 heavy (non-hydrogen) atoms. The monoisotopic (exact) mass is 325 g/mol. The number of nitrogens with one attached hydrogen (secondary N) is 1. The number of benzene rings is 3. The van der Waals surface area contributed by atoms with Crippen molar-refractivity contribution in [3.05, 3.63) is 84.4 Å². The summed E-state index contributed by atoms with van der Waals surface area (Å²) in [4.78, 5) is 0. The Morgan fingerprint density at radius 1 is 0.720 bits per heavy atom. The van der Waals surface area contributed by atoms with E-state index >= 15 is 0 Å². The van der Waals surface area contributed by atoms with Crippen LogP contribution in [0, 0.1) is 6.92 Å². The lowest BCUT2D eigenvalue weighted by Crippen LogP contribution is -1.89. The summed E-state index contributed by atoms with van der Waals surface area (Å²) in [5, 5.41) is 7.63. The van der Waals surface area contributed by atoms with Crippen LogP contribution in [0.4, 0.5) is 5.69 Å². The highest BCUT2D eigenvalue weighted by Gasteiger charge is 2.08. The summed E-state index contributed by atoms with van der Waals surface area (Å²) in [5.41, 5.74) is 14.3. The highest BCUT2D eigenvalue weighted by molar-refractivity contribution is 5.74. The second kappa shape index (κ2) is 6.29. The van der Waals surface area contributed by atoms with Crippen LogP contribution in [0.25, 0.3) is 33.6 Å². The van der Waals surface area contributed by atoms with Gasteiger partial charge in [-0.3, -0.25) is 5.10 Å². The Bertz CT molecular complexity index is 1020. The number of nitrogens with zero attached hydrogens (tertiary/aromatic N) is 1. The minimum Gasteiger partial charge on any atom is -0.399 e. The van der Waals surface area contributed by atoms with Gasteiger partial charge in [-0.25, -0.2) is 0 Å². The lowest BCUT2D eigenvalue weighted by Gasteiger charge is -2.04. The van der Waals surface area contributed by atoms with Gasteiger partial charge in [0, 0.05) is 11.3 Å². The van der Waals surface area contributed by atoms with E-state index in [-0.39, 0.29) is 0 Å². The zero-order valence-electron chi connectivity index (χ0n) is 14.0. The minimum absolute atomic E-state index is 0.805. The van der Waals surface area contributed by atoms with Crippen molar-refractivity contribution in [1.29, 1.82) is 0 Å². The molecule has 0 saturated heterocycles. The van der Waals surface area contributed by atoms with Crippen molar-refractivity contribution in [3.8, 4) is 33.6 Å². The van der Waals surface area contributed by atoms with E-state index < -0.39 is 0 Å². The number of H-pyrrole nitrogens is 1. The first-order valence-corrected chi connectivity index (χ1v) is 8.28. The van der Waals surface area contributed by atoms with Crippen molar-refractivity contribution in [2.24, 2.45) is 0 Å². The molecule has 0 fully saturated rings. The van der Waals surface area contributed by atoms with E-state index in [1.165, 1.54) is 11.1 Å². The van der Waals surface area contributed by atoms with Crippen LogP contribution in [-0.4, -0.2) is 10.2 Å². The van der Waals surface area contributed by atoms with E-state index in [1.807, 2.05) is 25.1 Å². The Balaban J connectivity index is 1.69. The molecule has 0 amide bonds. The number of rotatable bonds is 3. The van der Waals surface area contributed by atoms with Crippen LogP contribution in [-0.2, 0) is 0 Å². The Hall–Kier alpha value is -3.33. The molecule has 0 bridgehead atoms. The molecule has 0 unspecified atom stereocenters. The van der Waals surface area contributed by atoms with E-state index in [4.69, 9.17) is 5.73 Å².